The minimum absolute atomic E-state index is 0.274. The molecule has 0 spiro atoms. The lowest BCUT2D eigenvalue weighted by atomic mass is 10.1. The van der Waals surface area contributed by atoms with E-state index in [1.807, 2.05) is 44.2 Å². The van der Waals surface area contributed by atoms with E-state index in [0.717, 1.165) is 32.2 Å². The van der Waals surface area contributed by atoms with Crippen LogP contribution in [0.3, 0.4) is 0 Å². The monoisotopic (exact) mass is 475 g/mol. The van der Waals surface area contributed by atoms with E-state index >= 15 is 0 Å². The summed E-state index contributed by atoms with van der Waals surface area (Å²) in [5.41, 5.74) is 6.23. The van der Waals surface area contributed by atoms with Crippen molar-refractivity contribution in [3.05, 3.63) is 93.0 Å². The van der Waals surface area contributed by atoms with Crippen LogP contribution < -0.4 is 4.74 Å². The van der Waals surface area contributed by atoms with Gasteiger partial charge in [0, 0.05) is 0 Å². The predicted octanol–water partition coefficient (Wildman–Crippen LogP) is 6.72. The maximum atomic E-state index is 13.0. The molecule has 1 aromatic heterocycles. The second kappa shape index (κ2) is 8.75. The van der Waals surface area contributed by atoms with Gasteiger partial charge in [-0.1, -0.05) is 18.2 Å². The third-order valence-corrected chi connectivity index (χ3v) is 5.67. The zero-order chi connectivity index (χ0) is 22.0. The first kappa shape index (κ1) is 20.8. The van der Waals surface area contributed by atoms with E-state index in [-0.39, 0.29) is 5.82 Å². The van der Waals surface area contributed by atoms with E-state index < -0.39 is 0 Å². The first-order chi connectivity index (χ1) is 14.9. The van der Waals surface area contributed by atoms with Crippen LogP contribution in [0.4, 0.5) is 4.39 Å². The van der Waals surface area contributed by atoms with E-state index in [4.69, 9.17) is 4.74 Å². The Balaban J connectivity index is 1.56. The standard InChI is InChI=1S/C25H19BrFN3O/c1-15-9-22-23(10-16(15)2)30-25(29-22)19(13-28)11-18-5-8-24(21(26)12-18)31-14-17-3-6-20(27)7-4-17/h3-12H,14H2,1-2H3,(H,29,30)/b19-11-. The van der Waals surface area contributed by atoms with Crippen molar-refractivity contribution in [3.63, 3.8) is 0 Å². The summed E-state index contributed by atoms with van der Waals surface area (Å²) in [6.07, 6.45) is 1.78. The summed E-state index contributed by atoms with van der Waals surface area (Å²) in [6, 6.07) is 18.1. The number of H-pyrrole nitrogens is 1. The third-order valence-electron chi connectivity index (χ3n) is 5.05. The maximum Gasteiger partial charge on any atom is 0.149 e. The Bertz CT molecular complexity index is 1290. The van der Waals surface area contributed by atoms with Crippen molar-refractivity contribution in [1.82, 2.24) is 9.97 Å². The van der Waals surface area contributed by atoms with Gasteiger partial charge in [-0.2, -0.15) is 5.26 Å². The first-order valence-corrected chi connectivity index (χ1v) is 10.5. The molecule has 6 heteroatoms. The van der Waals surface area contributed by atoms with E-state index in [1.54, 1.807) is 18.2 Å². The molecular formula is C25H19BrFN3O. The SMILES string of the molecule is Cc1cc2nc(/C(C#N)=C\c3ccc(OCc4ccc(F)cc4)c(Br)c3)[nH]c2cc1C. The molecule has 0 aliphatic heterocycles. The van der Waals surface area contributed by atoms with Gasteiger partial charge < -0.3 is 9.72 Å². The molecule has 4 aromatic rings. The molecule has 0 aliphatic rings. The summed E-state index contributed by atoms with van der Waals surface area (Å²) in [5.74, 6) is 0.925. The van der Waals surface area contributed by atoms with Gasteiger partial charge in [-0.3, -0.25) is 0 Å². The lowest BCUT2D eigenvalue weighted by molar-refractivity contribution is 0.304. The number of hydrogen-bond acceptors (Lipinski definition) is 3. The number of nitrogens with zero attached hydrogens (tertiary/aromatic N) is 2. The van der Waals surface area contributed by atoms with Crippen LogP contribution in [0.5, 0.6) is 5.75 Å². The number of imidazole rings is 1. The van der Waals surface area contributed by atoms with Crippen LogP contribution >= 0.6 is 15.9 Å². The Kier molecular flexibility index (Phi) is 5.88. The number of aromatic nitrogens is 2. The normalized spacial score (nSPS) is 11.5. The lowest BCUT2D eigenvalue weighted by Crippen LogP contribution is -1.96. The number of allylic oxidation sites excluding steroid dienone is 1. The van der Waals surface area contributed by atoms with Crippen LogP contribution in [-0.2, 0) is 6.61 Å². The van der Waals surface area contributed by atoms with Crippen molar-refractivity contribution in [2.45, 2.75) is 20.5 Å². The van der Waals surface area contributed by atoms with Crippen LogP contribution in [0.15, 0.2) is 59.1 Å². The van der Waals surface area contributed by atoms with Crippen LogP contribution in [-0.4, -0.2) is 9.97 Å². The number of halogens is 2. The summed E-state index contributed by atoms with van der Waals surface area (Å²) < 4.78 is 19.6. The number of fused-ring (bicyclic) bond motifs is 1. The molecule has 0 aliphatic carbocycles. The average molecular weight is 476 g/mol. The number of nitriles is 1. The first-order valence-electron chi connectivity index (χ1n) is 9.69. The lowest BCUT2D eigenvalue weighted by Gasteiger charge is -2.09. The van der Waals surface area contributed by atoms with Crippen LogP contribution in [0.1, 0.15) is 28.1 Å². The Morgan fingerprint density at radius 1 is 1.13 bits per heavy atom. The molecule has 0 radical (unpaired) electrons. The number of hydrogen-bond donors (Lipinski definition) is 1. The van der Waals surface area contributed by atoms with Gasteiger partial charge in [0.2, 0.25) is 0 Å². The highest BCUT2D eigenvalue weighted by Crippen LogP contribution is 2.29. The van der Waals surface area contributed by atoms with Gasteiger partial charge in [-0.25, -0.2) is 9.37 Å². The van der Waals surface area contributed by atoms with E-state index in [1.165, 1.54) is 17.7 Å². The second-order valence-electron chi connectivity index (χ2n) is 7.31. The number of aryl methyl sites for hydroxylation is 2. The average Bonchev–Trinajstić information content (AvgIpc) is 3.15. The van der Waals surface area contributed by atoms with Crippen molar-refractivity contribution in [1.29, 1.82) is 5.26 Å². The van der Waals surface area contributed by atoms with Gasteiger partial charge in [-0.05, 0) is 94.5 Å². The van der Waals surface area contributed by atoms with E-state index in [9.17, 15) is 9.65 Å². The zero-order valence-electron chi connectivity index (χ0n) is 17.0. The van der Waals surface area contributed by atoms with Crippen molar-refractivity contribution < 1.29 is 9.13 Å². The molecule has 0 fully saturated rings. The number of rotatable bonds is 5. The van der Waals surface area contributed by atoms with Gasteiger partial charge in [0.15, 0.2) is 0 Å². The molecule has 4 nitrogen and oxygen atoms in total. The number of benzene rings is 3. The zero-order valence-corrected chi connectivity index (χ0v) is 18.6. The molecular weight excluding hydrogens is 457 g/mol. The maximum absolute atomic E-state index is 13.0. The van der Waals surface area contributed by atoms with Crippen molar-refractivity contribution in [2.75, 3.05) is 0 Å². The fraction of sp³-hybridized carbons (Fsp3) is 0.120. The minimum Gasteiger partial charge on any atom is -0.488 e. The van der Waals surface area contributed by atoms with Crippen LogP contribution in [0, 0.1) is 31.0 Å². The second-order valence-corrected chi connectivity index (χ2v) is 8.17. The topological polar surface area (TPSA) is 61.7 Å². The predicted molar refractivity (Wildman–Crippen MR) is 124 cm³/mol. The number of nitrogens with one attached hydrogen (secondary N) is 1. The van der Waals surface area contributed by atoms with Crippen molar-refractivity contribution in [2.24, 2.45) is 0 Å². The molecule has 4 rings (SSSR count). The summed E-state index contributed by atoms with van der Waals surface area (Å²) >= 11 is 3.52. The van der Waals surface area contributed by atoms with Crippen molar-refractivity contribution >= 4 is 38.6 Å². The van der Waals surface area contributed by atoms with Crippen LogP contribution in [0.2, 0.25) is 0 Å². The fourth-order valence-corrected chi connectivity index (χ4v) is 3.69. The largest absolute Gasteiger partial charge is 0.488 e. The van der Waals surface area contributed by atoms with E-state index in [0.29, 0.717) is 23.8 Å². The van der Waals surface area contributed by atoms with Gasteiger partial charge in [0.25, 0.3) is 0 Å². The molecule has 154 valence electrons. The number of ether oxygens (including phenoxy) is 1. The molecule has 1 N–H and O–H groups in total. The molecule has 0 amide bonds. The smallest absolute Gasteiger partial charge is 0.149 e. The molecule has 0 atom stereocenters. The summed E-state index contributed by atoms with van der Waals surface area (Å²) in [7, 11) is 0. The molecule has 0 saturated heterocycles. The molecule has 31 heavy (non-hydrogen) atoms. The van der Waals surface area contributed by atoms with Gasteiger partial charge in [-0.15, -0.1) is 0 Å². The van der Waals surface area contributed by atoms with Gasteiger partial charge in [0.05, 0.1) is 21.1 Å². The summed E-state index contributed by atoms with van der Waals surface area (Å²) in [5, 5.41) is 9.69. The number of aromatic amines is 1. The Morgan fingerprint density at radius 3 is 2.58 bits per heavy atom. The molecule has 0 unspecified atom stereocenters. The Hall–Kier alpha value is -3.43. The molecule has 0 saturated carbocycles. The van der Waals surface area contributed by atoms with Crippen molar-refractivity contribution in [3.8, 4) is 11.8 Å². The minimum atomic E-state index is -0.274. The third kappa shape index (κ3) is 4.68. The van der Waals surface area contributed by atoms with Crippen LogP contribution in [0.25, 0.3) is 22.7 Å². The Labute approximate surface area is 188 Å². The molecule has 0 bridgehead atoms. The molecule has 1 heterocycles. The van der Waals surface area contributed by atoms with Gasteiger partial charge in [0.1, 0.15) is 30.1 Å². The molecule has 3 aromatic carbocycles. The highest BCUT2D eigenvalue weighted by atomic mass is 79.9. The summed E-state index contributed by atoms with van der Waals surface area (Å²) in [6.45, 7) is 4.42. The Morgan fingerprint density at radius 2 is 1.87 bits per heavy atom. The summed E-state index contributed by atoms with van der Waals surface area (Å²) in [4.78, 5) is 7.82. The fourth-order valence-electron chi connectivity index (χ4n) is 3.18. The van der Waals surface area contributed by atoms with E-state index in [2.05, 4.69) is 32.0 Å². The van der Waals surface area contributed by atoms with Gasteiger partial charge >= 0.3 is 0 Å². The highest BCUT2D eigenvalue weighted by Gasteiger charge is 2.10. The quantitative estimate of drug-likeness (QED) is 0.325. The highest BCUT2D eigenvalue weighted by molar-refractivity contribution is 9.10.